The van der Waals surface area contributed by atoms with Crippen LogP contribution in [0.2, 0.25) is 0 Å². The lowest BCUT2D eigenvalue weighted by atomic mass is 9.82. The molecule has 0 bridgehead atoms. The maximum Gasteiger partial charge on any atom is 0.311 e. The highest BCUT2D eigenvalue weighted by molar-refractivity contribution is 5.93. The fourth-order valence-electron chi connectivity index (χ4n) is 3.31. The third kappa shape index (κ3) is 3.29. The molecule has 26 heavy (non-hydrogen) atoms. The minimum absolute atomic E-state index is 0.204. The van der Waals surface area contributed by atoms with Gasteiger partial charge in [0.25, 0.3) is 5.91 Å². The van der Waals surface area contributed by atoms with E-state index in [4.69, 9.17) is 4.74 Å². The van der Waals surface area contributed by atoms with Crippen molar-refractivity contribution in [1.29, 1.82) is 0 Å². The van der Waals surface area contributed by atoms with Crippen molar-refractivity contribution >= 4 is 11.9 Å². The molecule has 138 valence electrons. The van der Waals surface area contributed by atoms with Crippen LogP contribution in [0.25, 0.3) is 5.69 Å². The van der Waals surface area contributed by atoms with E-state index >= 15 is 0 Å². The van der Waals surface area contributed by atoms with Gasteiger partial charge in [-0.3, -0.25) is 9.59 Å². The number of carboxylic acids is 1. The fraction of sp³-hybridized carbons (Fsp3) is 0.421. The number of hydrogen-bond acceptors (Lipinski definition) is 4. The van der Waals surface area contributed by atoms with Crippen LogP contribution in [0.1, 0.15) is 35.9 Å². The topological polar surface area (TPSA) is 84.7 Å². The van der Waals surface area contributed by atoms with E-state index in [0.29, 0.717) is 25.1 Å². The zero-order valence-corrected chi connectivity index (χ0v) is 15.2. The van der Waals surface area contributed by atoms with Crippen LogP contribution in [0, 0.1) is 12.3 Å². The number of aryl methyl sites for hydroxylation is 1. The number of nitrogens with zero attached hydrogens (tertiary/aromatic N) is 3. The van der Waals surface area contributed by atoms with Gasteiger partial charge in [0.05, 0.1) is 18.2 Å². The van der Waals surface area contributed by atoms with Crippen LogP contribution in [-0.4, -0.2) is 51.9 Å². The first kappa shape index (κ1) is 18.0. The number of rotatable bonds is 4. The van der Waals surface area contributed by atoms with E-state index < -0.39 is 11.4 Å². The van der Waals surface area contributed by atoms with Crippen molar-refractivity contribution in [1.82, 2.24) is 14.7 Å². The van der Waals surface area contributed by atoms with Gasteiger partial charge in [0, 0.05) is 18.8 Å². The van der Waals surface area contributed by atoms with E-state index in [1.807, 2.05) is 31.2 Å². The predicted octanol–water partition coefficient (Wildman–Crippen LogP) is 2.52. The van der Waals surface area contributed by atoms with E-state index in [-0.39, 0.29) is 12.5 Å². The molecule has 1 amide bonds. The summed E-state index contributed by atoms with van der Waals surface area (Å²) in [5, 5.41) is 13.9. The Morgan fingerprint density at radius 2 is 1.96 bits per heavy atom. The number of likely N-dealkylation sites (tertiary alicyclic amines) is 1. The van der Waals surface area contributed by atoms with E-state index in [1.54, 1.807) is 29.7 Å². The summed E-state index contributed by atoms with van der Waals surface area (Å²) in [6.07, 6.45) is 1.25. The second-order valence-electron chi connectivity index (χ2n) is 6.98. The molecule has 7 heteroatoms. The fourth-order valence-corrected chi connectivity index (χ4v) is 3.31. The van der Waals surface area contributed by atoms with Crippen molar-refractivity contribution in [2.45, 2.75) is 26.7 Å². The molecule has 1 N–H and O–H groups in total. The molecule has 1 aliphatic rings. The third-order valence-corrected chi connectivity index (χ3v) is 4.92. The van der Waals surface area contributed by atoms with Crippen molar-refractivity contribution in [3.05, 3.63) is 41.7 Å². The summed E-state index contributed by atoms with van der Waals surface area (Å²) in [6, 6.07) is 9.14. The number of aromatic nitrogens is 2. The minimum Gasteiger partial charge on any atom is -0.497 e. The molecular weight excluding hydrogens is 334 g/mol. The van der Waals surface area contributed by atoms with E-state index in [1.165, 1.54) is 0 Å². The molecule has 2 aromatic rings. The second-order valence-corrected chi connectivity index (χ2v) is 6.98. The van der Waals surface area contributed by atoms with Crippen LogP contribution in [0.5, 0.6) is 5.75 Å². The van der Waals surface area contributed by atoms with E-state index in [0.717, 1.165) is 17.1 Å². The SMILES string of the molecule is COc1ccc(-n2nc(C(=O)N3CCCC(C)(C(=O)O)C3)cc2C)cc1. The normalized spacial score (nSPS) is 20.0. The number of hydrogen-bond donors (Lipinski definition) is 1. The van der Waals surface area contributed by atoms with Crippen LogP contribution < -0.4 is 4.74 Å². The van der Waals surface area contributed by atoms with Crippen molar-refractivity contribution in [3.8, 4) is 11.4 Å². The molecule has 1 fully saturated rings. The highest BCUT2D eigenvalue weighted by Gasteiger charge is 2.40. The molecule has 1 atom stereocenters. The molecule has 0 radical (unpaired) electrons. The Bertz CT molecular complexity index is 828. The molecule has 1 saturated heterocycles. The summed E-state index contributed by atoms with van der Waals surface area (Å²) in [7, 11) is 1.61. The standard InChI is InChI=1S/C19H23N3O4/c1-13-11-16(20-22(13)14-5-7-15(26-3)8-6-14)17(23)21-10-4-9-19(2,12-21)18(24)25/h5-8,11H,4,9-10,12H2,1-3H3,(H,24,25). The van der Waals surface area contributed by atoms with Crippen LogP contribution in [0.3, 0.4) is 0 Å². The predicted molar refractivity (Wildman–Crippen MR) is 95.7 cm³/mol. The number of carbonyl (C=O) groups is 2. The first-order valence-electron chi connectivity index (χ1n) is 8.58. The highest BCUT2D eigenvalue weighted by Crippen LogP contribution is 2.30. The monoisotopic (exact) mass is 357 g/mol. The van der Waals surface area contributed by atoms with Gasteiger partial charge in [0.1, 0.15) is 5.75 Å². The molecular formula is C19H23N3O4. The largest absolute Gasteiger partial charge is 0.497 e. The van der Waals surface area contributed by atoms with Crippen molar-refractivity contribution in [3.63, 3.8) is 0 Å². The van der Waals surface area contributed by atoms with Gasteiger partial charge in [-0.2, -0.15) is 5.10 Å². The van der Waals surface area contributed by atoms with Gasteiger partial charge in [0.15, 0.2) is 5.69 Å². The Morgan fingerprint density at radius 1 is 1.27 bits per heavy atom. The molecule has 1 aliphatic heterocycles. The van der Waals surface area contributed by atoms with Crippen LogP contribution in [0.4, 0.5) is 0 Å². The summed E-state index contributed by atoms with van der Waals surface area (Å²) in [4.78, 5) is 25.9. The maximum absolute atomic E-state index is 12.8. The summed E-state index contributed by atoms with van der Waals surface area (Å²) < 4.78 is 6.86. The lowest BCUT2D eigenvalue weighted by molar-refractivity contribution is -0.150. The number of ether oxygens (including phenoxy) is 1. The zero-order chi connectivity index (χ0) is 18.9. The Balaban J connectivity index is 1.83. The third-order valence-electron chi connectivity index (χ3n) is 4.92. The molecule has 0 aliphatic carbocycles. The number of methoxy groups -OCH3 is 1. The Morgan fingerprint density at radius 3 is 2.58 bits per heavy atom. The van der Waals surface area contributed by atoms with Gasteiger partial charge in [-0.15, -0.1) is 0 Å². The van der Waals surface area contributed by atoms with Gasteiger partial charge >= 0.3 is 5.97 Å². The molecule has 1 unspecified atom stereocenters. The Kier molecular flexibility index (Phi) is 4.71. The van der Waals surface area contributed by atoms with E-state index in [9.17, 15) is 14.7 Å². The van der Waals surface area contributed by atoms with Crippen molar-refractivity contribution in [2.24, 2.45) is 5.41 Å². The van der Waals surface area contributed by atoms with Crippen LogP contribution >= 0.6 is 0 Å². The van der Waals surface area contributed by atoms with Crippen molar-refractivity contribution < 1.29 is 19.4 Å². The number of carboxylic acid groups (broad SMARTS) is 1. The first-order chi connectivity index (χ1) is 12.3. The number of piperidine rings is 1. The van der Waals surface area contributed by atoms with Crippen LogP contribution in [-0.2, 0) is 4.79 Å². The number of benzene rings is 1. The van der Waals surface area contributed by atoms with Crippen LogP contribution in [0.15, 0.2) is 30.3 Å². The maximum atomic E-state index is 12.8. The zero-order valence-electron chi connectivity index (χ0n) is 15.2. The highest BCUT2D eigenvalue weighted by atomic mass is 16.5. The van der Waals surface area contributed by atoms with E-state index in [2.05, 4.69) is 5.10 Å². The lowest BCUT2D eigenvalue weighted by Gasteiger charge is -2.37. The number of aliphatic carboxylic acids is 1. The summed E-state index contributed by atoms with van der Waals surface area (Å²) in [5.41, 5.74) is 1.09. The second kappa shape index (κ2) is 6.82. The smallest absolute Gasteiger partial charge is 0.311 e. The number of amides is 1. The van der Waals surface area contributed by atoms with Crippen molar-refractivity contribution in [2.75, 3.05) is 20.2 Å². The average Bonchev–Trinajstić information content (AvgIpc) is 3.03. The molecule has 3 rings (SSSR count). The number of carbonyl (C=O) groups excluding carboxylic acids is 1. The Labute approximate surface area is 152 Å². The summed E-state index contributed by atoms with van der Waals surface area (Å²) >= 11 is 0. The Hall–Kier alpha value is -2.83. The molecule has 0 saturated carbocycles. The molecule has 0 spiro atoms. The first-order valence-corrected chi connectivity index (χ1v) is 8.58. The molecule has 2 heterocycles. The quantitative estimate of drug-likeness (QED) is 0.909. The summed E-state index contributed by atoms with van der Waals surface area (Å²) in [5.74, 6) is -0.349. The van der Waals surface area contributed by atoms with Gasteiger partial charge in [-0.25, -0.2) is 4.68 Å². The molecule has 1 aromatic heterocycles. The van der Waals surface area contributed by atoms with Gasteiger partial charge in [0.2, 0.25) is 0 Å². The molecule has 7 nitrogen and oxygen atoms in total. The minimum atomic E-state index is -0.901. The van der Waals surface area contributed by atoms with Gasteiger partial charge in [-0.05, 0) is 57.0 Å². The average molecular weight is 357 g/mol. The van der Waals surface area contributed by atoms with Gasteiger partial charge in [-0.1, -0.05) is 0 Å². The molecule has 1 aromatic carbocycles. The lowest BCUT2D eigenvalue weighted by Crippen LogP contribution is -2.48. The van der Waals surface area contributed by atoms with Gasteiger partial charge < -0.3 is 14.7 Å². The summed E-state index contributed by atoms with van der Waals surface area (Å²) in [6.45, 7) is 4.33.